The molecular weight excluding hydrogens is 311 g/mol. The molecule has 1 amide bonds. The van der Waals surface area contributed by atoms with Gasteiger partial charge in [0, 0.05) is 32.5 Å². The first-order valence-electron chi connectivity index (χ1n) is 8.23. The highest BCUT2D eigenvalue weighted by Crippen LogP contribution is 2.07. The van der Waals surface area contributed by atoms with Crippen LogP contribution in [-0.2, 0) is 9.53 Å². The molecule has 0 spiro atoms. The van der Waals surface area contributed by atoms with Crippen molar-refractivity contribution in [3.05, 3.63) is 30.1 Å². The average molecular weight is 338 g/mol. The van der Waals surface area contributed by atoms with Gasteiger partial charge in [-0.15, -0.1) is 0 Å². The number of rotatable bonds is 10. The van der Waals surface area contributed by atoms with Gasteiger partial charge in [-0.1, -0.05) is 13.3 Å². The van der Waals surface area contributed by atoms with Gasteiger partial charge >= 0.3 is 0 Å². The molecule has 0 aromatic heterocycles. The van der Waals surface area contributed by atoms with E-state index in [1.54, 1.807) is 7.05 Å². The highest BCUT2D eigenvalue weighted by molar-refractivity contribution is 5.94. The van der Waals surface area contributed by atoms with Crippen molar-refractivity contribution in [2.75, 3.05) is 38.7 Å². The zero-order valence-electron chi connectivity index (χ0n) is 14.4. The summed E-state index contributed by atoms with van der Waals surface area (Å²) in [6, 6.07) is 5.62. The van der Waals surface area contributed by atoms with Gasteiger partial charge in [-0.3, -0.25) is 9.79 Å². The van der Waals surface area contributed by atoms with Crippen LogP contribution in [0.2, 0.25) is 0 Å². The van der Waals surface area contributed by atoms with Crippen LogP contribution in [0.25, 0.3) is 0 Å². The molecule has 0 aliphatic rings. The van der Waals surface area contributed by atoms with Gasteiger partial charge in [0.15, 0.2) is 5.96 Å². The molecule has 7 heteroatoms. The van der Waals surface area contributed by atoms with Crippen LogP contribution in [0.3, 0.4) is 0 Å². The highest BCUT2D eigenvalue weighted by Gasteiger charge is 2.04. The fourth-order valence-corrected chi connectivity index (χ4v) is 1.85. The molecule has 0 aliphatic carbocycles. The number of unbranched alkanes of at least 4 members (excludes halogenated alkanes) is 1. The molecule has 0 atom stereocenters. The molecule has 0 aliphatic heterocycles. The van der Waals surface area contributed by atoms with Gasteiger partial charge in [0.1, 0.15) is 5.82 Å². The third kappa shape index (κ3) is 9.09. The predicted molar refractivity (Wildman–Crippen MR) is 94.7 cm³/mol. The number of carbonyl (C=O) groups is 1. The molecular formula is C17H27FN4O2. The van der Waals surface area contributed by atoms with Crippen molar-refractivity contribution < 1.29 is 13.9 Å². The van der Waals surface area contributed by atoms with Crippen molar-refractivity contribution in [2.24, 2.45) is 4.99 Å². The van der Waals surface area contributed by atoms with E-state index in [2.05, 4.69) is 27.9 Å². The number of nitrogens with one attached hydrogen (secondary N) is 3. The van der Waals surface area contributed by atoms with Gasteiger partial charge in [-0.25, -0.2) is 4.39 Å². The van der Waals surface area contributed by atoms with Gasteiger partial charge < -0.3 is 20.7 Å². The minimum Gasteiger partial charge on any atom is -0.381 e. The minimum atomic E-state index is -0.339. The second-order valence-corrected chi connectivity index (χ2v) is 5.23. The van der Waals surface area contributed by atoms with E-state index in [4.69, 9.17) is 4.74 Å². The lowest BCUT2D eigenvalue weighted by atomic mass is 10.3. The Morgan fingerprint density at radius 2 is 1.88 bits per heavy atom. The van der Waals surface area contributed by atoms with Crippen molar-refractivity contribution in [1.29, 1.82) is 0 Å². The molecule has 134 valence electrons. The van der Waals surface area contributed by atoms with Crippen molar-refractivity contribution in [1.82, 2.24) is 10.6 Å². The SMILES string of the molecule is CCCCOCCCNC(=NC)NCC(=O)Nc1ccc(F)cc1. The molecule has 0 radical (unpaired) electrons. The Morgan fingerprint density at radius 3 is 2.54 bits per heavy atom. The third-order valence-electron chi connectivity index (χ3n) is 3.17. The maximum absolute atomic E-state index is 12.8. The summed E-state index contributed by atoms with van der Waals surface area (Å²) < 4.78 is 18.3. The number of amides is 1. The lowest BCUT2D eigenvalue weighted by Crippen LogP contribution is -2.41. The van der Waals surface area contributed by atoms with Gasteiger partial charge in [-0.05, 0) is 37.1 Å². The molecule has 0 fully saturated rings. The topological polar surface area (TPSA) is 74.8 Å². The number of carbonyl (C=O) groups excluding carboxylic acids is 1. The first-order valence-corrected chi connectivity index (χ1v) is 8.23. The van der Waals surface area contributed by atoms with Crippen molar-refractivity contribution in [3.8, 4) is 0 Å². The molecule has 0 saturated carbocycles. The largest absolute Gasteiger partial charge is 0.381 e. The van der Waals surface area contributed by atoms with E-state index in [0.717, 1.165) is 25.9 Å². The van der Waals surface area contributed by atoms with Crippen molar-refractivity contribution in [3.63, 3.8) is 0 Å². The van der Waals surface area contributed by atoms with Crippen molar-refractivity contribution in [2.45, 2.75) is 26.2 Å². The first-order chi connectivity index (χ1) is 11.7. The van der Waals surface area contributed by atoms with Crippen LogP contribution in [0.5, 0.6) is 0 Å². The zero-order chi connectivity index (χ0) is 17.6. The second-order valence-electron chi connectivity index (χ2n) is 5.23. The molecule has 0 saturated heterocycles. The van der Waals surface area contributed by atoms with Crippen LogP contribution in [0, 0.1) is 5.82 Å². The fourth-order valence-electron chi connectivity index (χ4n) is 1.85. The van der Waals surface area contributed by atoms with E-state index in [9.17, 15) is 9.18 Å². The van der Waals surface area contributed by atoms with Crippen LogP contribution >= 0.6 is 0 Å². The van der Waals surface area contributed by atoms with Crippen LogP contribution < -0.4 is 16.0 Å². The predicted octanol–water partition coefficient (Wildman–Crippen LogP) is 2.14. The Balaban J connectivity index is 2.16. The van der Waals surface area contributed by atoms with Crippen LogP contribution in [0.4, 0.5) is 10.1 Å². The number of guanidine groups is 1. The molecule has 0 bridgehead atoms. The Bertz CT molecular complexity index is 506. The minimum absolute atomic E-state index is 0.0735. The molecule has 3 N–H and O–H groups in total. The number of hydrogen-bond donors (Lipinski definition) is 3. The third-order valence-corrected chi connectivity index (χ3v) is 3.17. The molecule has 0 unspecified atom stereocenters. The van der Waals surface area contributed by atoms with E-state index in [-0.39, 0.29) is 18.3 Å². The monoisotopic (exact) mass is 338 g/mol. The van der Waals surface area contributed by atoms with Gasteiger partial charge in [0.05, 0.1) is 6.54 Å². The molecule has 6 nitrogen and oxygen atoms in total. The Labute approximate surface area is 142 Å². The number of anilines is 1. The second kappa shape index (κ2) is 12.3. The van der Waals surface area contributed by atoms with Gasteiger partial charge in [0.25, 0.3) is 0 Å². The summed E-state index contributed by atoms with van der Waals surface area (Å²) in [4.78, 5) is 15.9. The Morgan fingerprint density at radius 1 is 1.17 bits per heavy atom. The number of ether oxygens (including phenoxy) is 1. The maximum atomic E-state index is 12.8. The van der Waals surface area contributed by atoms with E-state index in [1.165, 1.54) is 24.3 Å². The summed E-state index contributed by atoms with van der Waals surface area (Å²) in [6.07, 6.45) is 3.08. The number of nitrogens with zero attached hydrogens (tertiary/aromatic N) is 1. The summed E-state index contributed by atoms with van der Waals surface area (Å²) in [7, 11) is 1.64. The van der Waals surface area contributed by atoms with E-state index in [1.807, 2.05) is 0 Å². The number of aliphatic imine (C=N–C) groups is 1. The zero-order valence-corrected chi connectivity index (χ0v) is 14.4. The van der Waals surface area contributed by atoms with Gasteiger partial charge in [0.2, 0.25) is 5.91 Å². The van der Waals surface area contributed by atoms with Crippen molar-refractivity contribution >= 4 is 17.6 Å². The van der Waals surface area contributed by atoms with Crippen LogP contribution in [-0.4, -0.2) is 45.2 Å². The molecule has 0 heterocycles. The normalized spacial score (nSPS) is 11.2. The molecule has 1 rings (SSSR count). The summed E-state index contributed by atoms with van der Waals surface area (Å²) >= 11 is 0. The Kier molecular flexibility index (Phi) is 10.2. The number of benzene rings is 1. The summed E-state index contributed by atoms with van der Waals surface area (Å²) in [5.41, 5.74) is 0.551. The smallest absolute Gasteiger partial charge is 0.243 e. The van der Waals surface area contributed by atoms with Crippen LogP contribution in [0.15, 0.2) is 29.3 Å². The quantitative estimate of drug-likeness (QED) is 0.347. The molecule has 1 aromatic rings. The summed E-state index contributed by atoms with van der Waals surface area (Å²) in [5, 5.41) is 8.71. The highest BCUT2D eigenvalue weighted by atomic mass is 19.1. The lowest BCUT2D eigenvalue weighted by molar-refractivity contribution is -0.115. The first kappa shape index (κ1) is 19.9. The molecule has 24 heavy (non-hydrogen) atoms. The molecule has 1 aromatic carbocycles. The lowest BCUT2D eigenvalue weighted by Gasteiger charge is -2.12. The Hall–Kier alpha value is -2.15. The van der Waals surface area contributed by atoms with E-state index >= 15 is 0 Å². The summed E-state index contributed by atoms with van der Waals surface area (Å²) in [5.74, 6) is -0.0142. The van der Waals surface area contributed by atoms with Crippen LogP contribution in [0.1, 0.15) is 26.2 Å². The van der Waals surface area contributed by atoms with E-state index < -0.39 is 0 Å². The maximum Gasteiger partial charge on any atom is 0.243 e. The average Bonchev–Trinajstić information content (AvgIpc) is 2.58. The van der Waals surface area contributed by atoms with Gasteiger partial charge in [-0.2, -0.15) is 0 Å². The fraction of sp³-hybridized carbons (Fsp3) is 0.529. The summed E-state index contributed by atoms with van der Waals surface area (Å²) in [6.45, 7) is 4.42. The standard InChI is InChI=1S/C17H27FN4O2/c1-3-4-11-24-12-5-10-20-17(19-2)21-13-16(23)22-15-8-6-14(18)7-9-15/h6-9H,3-5,10-13H2,1-2H3,(H,22,23)(H2,19,20,21). The van der Waals surface area contributed by atoms with E-state index in [0.29, 0.717) is 24.8 Å². The number of halogens is 1. The number of hydrogen-bond acceptors (Lipinski definition) is 3.